The van der Waals surface area contributed by atoms with Crippen LogP contribution < -0.4 is 4.90 Å². The molecule has 0 bridgehead atoms. The quantitative estimate of drug-likeness (QED) is 0.924. The highest BCUT2D eigenvalue weighted by atomic mass is 19.4. The molecule has 8 heteroatoms. The lowest BCUT2D eigenvalue weighted by molar-refractivity contribution is -0.170. The number of benzene rings is 1. The molecule has 1 N–H and O–H groups in total. The van der Waals surface area contributed by atoms with Gasteiger partial charge in [-0.2, -0.15) is 13.2 Å². The predicted octanol–water partition coefficient (Wildman–Crippen LogP) is 2.46. The number of halogens is 3. The van der Waals surface area contributed by atoms with Crippen molar-refractivity contribution in [1.82, 2.24) is 4.98 Å². The molecule has 2 aromatic rings. The lowest BCUT2D eigenvalue weighted by Gasteiger charge is -2.22. The van der Waals surface area contributed by atoms with Crippen LogP contribution in [0, 0.1) is 0 Å². The van der Waals surface area contributed by atoms with E-state index in [-0.39, 0.29) is 16.0 Å². The van der Waals surface area contributed by atoms with Crippen LogP contribution in [0.15, 0.2) is 30.5 Å². The smallest absolute Gasteiger partial charge is 0.471 e. The van der Waals surface area contributed by atoms with Crippen LogP contribution in [0.2, 0.25) is 0 Å². The fourth-order valence-corrected chi connectivity index (χ4v) is 1.94. The van der Waals surface area contributed by atoms with Gasteiger partial charge in [0.15, 0.2) is 0 Å². The Balaban J connectivity index is 2.73. The van der Waals surface area contributed by atoms with Crippen molar-refractivity contribution in [1.29, 1.82) is 0 Å². The van der Waals surface area contributed by atoms with E-state index < -0.39 is 23.6 Å². The normalized spacial score (nSPS) is 11.4. The number of amides is 1. The Hall–Kier alpha value is -2.64. The van der Waals surface area contributed by atoms with Gasteiger partial charge in [-0.25, -0.2) is 4.79 Å². The first-order chi connectivity index (χ1) is 9.73. The first kappa shape index (κ1) is 14.8. The molecule has 0 unspecified atom stereocenters. The van der Waals surface area contributed by atoms with Crippen molar-refractivity contribution in [2.24, 2.45) is 0 Å². The topological polar surface area (TPSA) is 70.5 Å². The second-order valence-electron chi connectivity index (χ2n) is 4.20. The van der Waals surface area contributed by atoms with E-state index in [0.717, 1.165) is 13.2 Å². The van der Waals surface area contributed by atoms with Gasteiger partial charge in [0.05, 0.1) is 11.2 Å². The summed E-state index contributed by atoms with van der Waals surface area (Å²) in [5.74, 6) is -3.62. The van der Waals surface area contributed by atoms with Crippen molar-refractivity contribution < 1.29 is 27.9 Å². The van der Waals surface area contributed by atoms with Crippen LogP contribution in [0.5, 0.6) is 0 Å². The summed E-state index contributed by atoms with van der Waals surface area (Å²) in [7, 11) is 0.879. The van der Waals surface area contributed by atoms with Gasteiger partial charge < -0.3 is 10.0 Å². The summed E-state index contributed by atoms with van der Waals surface area (Å²) >= 11 is 0. The Morgan fingerprint density at radius 2 is 1.86 bits per heavy atom. The van der Waals surface area contributed by atoms with Gasteiger partial charge in [0.2, 0.25) is 0 Å². The van der Waals surface area contributed by atoms with Crippen molar-refractivity contribution >= 4 is 28.5 Å². The van der Waals surface area contributed by atoms with Gasteiger partial charge in [-0.3, -0.25) is 9.78 Å². The number of nitrogens with zero attached hydrogens (tertiary/aromatic N) is 2. The number of anilines is 1. The number of carboxylic acids is 1. The predicted molar refractivity (Wildman–Crippen MR) is 68.2 cm³/mol. The summed E-state index contributed by atoms with van der Waals surface area (Å²) in [5, 5.41) is 9.25. The molecule has 0 aliphatic heterocycles. The summed E-state index contributed by atoms with van der Waals surface area (Å²) in [4.78, 5) is 26.7. The number of hydrogen-bond acceptors (Lipinski definition) is 3. The van der Waals surface area contributed by atoms with Crippen LogP contribution in [-0.4, -0.2) is 35.2 Å². The van der Waals surface area contributed by atoms with Crippen LogP contribution in [0.3, 0.4) is 0 Å². The molecule has 0 radical (unpaired) electrons. The molecule has 21 heavy (non-hydrogen) atoms. The second-order valence-corrected chi connectivity index (χ2v) is 4.20. The average molecular weight is 298 g/mol. The van der Waals surface area contributed by atoms with E-state index in [2.05, 4.69) is 4.98 Å². The lowest BCUT2D eigenvalue weighted by atomic mass is 10.1. The third kappa shape index (κ3) is 2.64. The highest BCUT2D eigenvalue weighted by Gasteiger charge is 2.42. The summed E-state index contributed by atoms with van der Waals surface area (Å²) < 4.78 is 37.7. The van der Waals surface area contributed by atoms with E-state index in [1.807, 2.05) is 0 Å². The van der Waals surface area contributed by atoms with Crippen LogP contribution in [0.4, 0.5) is 18.9 Å². The maximum absolute atomic E-state index is 12.6. The molecule has 1 aromatic carbocycles. The van der Waals surface area contributed by atoms with E-state index >= 15 is 0 Å². The van der Waals surface area contributed by atoms with Gasteiger partial charge in [-0.05, 0) is 6.07 Å². The minimum atomic E-state index is -5.10. The minimum absolute atomic E-state index is 0.150. The summed E-state index contributed by atoms with van der Waals surface area (Å²) in [6.07, 6.45) is -4.17. The van der Waals surface area contributed by atoms with Gasteiger partial charge in [0, 0.05) is 18.6 Å². The molecular formula is C13H9F3N2O3. The molecule has 0 atom stereocenters. The van der Waals surface area contributed by atoms with Crippen molar-refractivity contribution in [3.05, 3.63) is 36.0 Å². The number of carbonyl (C=O) groups is 2. The van der Waals surface area contributed by atoms with Gasteiger partial charge in [-0.1, -0.05) is 18.2 Å². The number of aromatic nitrogens is 1. The van der Waals surface area contributed by atoms with E-state index in [1.165, 1.54) is 18.2 Å². The number of carbonyl (C=O) groups excluding carboxylic acids is 1. The molecular weight excluding hydrogens is 289 g/mol. The third-order valence-corrected chi connectivity index (χ3v) is 2.86. The van der Waals surface area contributed by atoms with Gasteiger partial charge in [0.25, 0.3) is 0 Å². The van der Waals surface area contributed by atoms with Crippen molar-refractivity contribution in [3.8, 4) is 0 Å². The maximum atomic E-state index is 12.6. The molecule has 0 aliphatic carbocycles. The van der Waals surface area contributed by atoms with E-state index in [9.17, 15) is 22.8 Å². The van der Waals surface area contributed by atoms with E-state index in [0.29, 0.717) is 5.52 Å². The Kier molecular flexibility index (Phi) is 3.54. The monoisotopic (exact) mass is 298 g/mol. The van der Waals surface area contributed by atoms with Crippen LogP contribution in [0.1, 0.15) is 10.4 Å². The Morgan fingerprint density at radius 3 is 2.43 bits per heavy atom. The largest absolute Gasteiger partial charge is 0.478 e. The number of fused-ring (bicyclic) bond motifs is 1. The van der Waals surface area contributed by atoms with Crippen LogP contribution in [0.25, 0.3) is 10.9 Å². The van der Waals surface area contributed by atoms with Crippen molar-refractivity contribution in [2.75, 3.05) is 11.9 Å². The van der Waals surface area contributed by atoms with Crippen LogP contribution >= 0.6 is 0 Å². The number of hydrogen-bond donors (Lipinski definition) is 1. The molecule has 0 saturated carbocycles. The molecule has 0 spiro atoms. The second kappa shape index (κ2) is 5.04. The molecule has 5 nitrogen and oxygen atoms in total. The SMILES string of the molecule is CN(C(=O)C(F)(F)F)c1c(C(=O)O)cnc2ccccc12. The number of pyridine rings is 1. The van der Waals surface area contributed by atoms with Crippen molar-refractivity contribution in [2.45, 2.75) is 6.18 Å². The van der Waals surface area contributed by atoms with Gasteiger partial charge in [0.1, 0.15) is 5.56 Å². The van der Waals surface area contributed by atoms with Gasteiger partial charge >= 0.3 is 18.1 Å². The number of rotatable bonds is 2. The number of aromatic carboxylic acids is 1. The molecule has 0 aliphatic rings. The molecule has 0 saturated heterocycles. The summed E-state index contributed by atoms with van der Waals surface area (Å²) in [6, 6.07) is 6.04. The highest BCUT2D eigenvalue weighted by Crippen LogP contribution is 2.31. The fraction of sp³-hybridized carbons (Fsp3) is 0.154. The molecule has 110 valence electrons. The average Bonchev–Trinajstić information content (AvgIpc) is 2.43. The molecule has 0 fully saturated rings. The summed E-state index contributed by atoms with van der Waals surface area (Å²) in [5.41, 5.74) is -0.524. The third-order valence-electron chi connectivity index (χ3n) is 2.86. The fourth-order valence-electron chi connectivity index (χ4n) is 1.94. The van der Waals surface area contributed by atoms with Crippen molar-refractivity contribution in [3.63, 3.8) is 0 Å². The first-order valence-electron chi connectivity index (χ1n) is 5.69. The zero-order valence-corrected chi connectivity index (χ0v) is 10.7. The Bertz CT molecular complexity index is 728. The molecule has 1 heterocycles. The number of alkyl halides is 3. The molecule has 1 amide bonds. The lowest BCUT2D eigenvalue weighted by Crippen LogP contribution is -2.39. The highest BCUT2D eigenvalue weighted by molar-refractivity contribution is 6.11. The zero-order valence-electron chi connectivity index (χ0n) is 10.7. The molecule has 2 rings (SSSR count). The van der Waals surface area contributed by atoms with E-state index in [1.54, 1.807) is 6.07 Å². The minimum Gasteiger partial charge on any atom is -0.478 e. The zero-order chi connectivity index (χ0) is 15.8. The number of carboxylic acid groups (broad SMARTS) is 1. The van der Waals surface area contributed by atoms with Gasteiger partial charge in [-0.15, -0.1) is 0 Å². The number of para-hydroxylation sites is 1. The maximum Gasteiger partial charge on any atom is 0.471 e. The summed E-state index contributed by atoms with van der Waals surface area (Å²) in [6.45, 7) is 0. The Morgan fingerprint density at radius 1 is 1.24 bits per heavy atom. The van der Waals surface area contributed by atoms with Crippen LogP contribution in [-0.2, 0) is 4.79 Å². The molecule has 1 aromatic heterocycles. The Labute approximate surface area is 116 Å². The van der Waals surface area contributed by atoms with E-state index in [4.69, 9.17) is 5.11 Å². The standard InChI is InChI=1S/C13H9F3N2O3/c1-18(12(21)13(14,15)16)10-7-4-2-3-5-9(7)17-6-8(10)11(19)20/h2-6H,1H3,(H,19,20). The first-order valence-corrected chi connectivity index (χ1v) is 5.69.